The number of nitro benzene ring substituents is 2. The van der Waals surface area contributed by atoms with Crippen LogP contribution in [-0.2, 0) is 31.4 Å². The van der Waals surface area contributed by atoms with Crippen molar-refractivity contribution in [2.75, 3.05) is 13.2 Å². The average Bonchev–Trinajstić information content (AvgIpc) is 3.15. The number of hydrogen-bond donors (Lipinski definition) is 0. The standard InChI is InChI=1S/C38H32Cl2F6N2O11/c1-5-27(35(49)55-7-3)58-33-25(47(51)52)13-15-29(31(33)21-11-9-19(17-23(21)39)37(41,42)43)57-30-16-14-26(48(53)54)34(59-28(6-2)36(50)56-8-4)32(30)22-12-10-20(18-24(22)40)38(44,45)46/h9-18,27-28H,5-8H2,1-4H3. The van der Waals surface area contributed by atoms with Gasteiger partial charge in [0.15, 0.2) is 12.2 Å². The molecular weight excluding hydrogens is 845 g/mol. The van der Waals surface area contributed by atoms with Crippen molar-refractivity contribution < 1.29 is 69.5 Å². The van der Waals surface area contributed by atoms with Gasteiger partial charge in [0.05, 0.1) is 45.3 Å². The second kappa shape index (κ2) is 18.8. The van der Waals surface area contributed by atoms with Crippen LogP contribution in [0.5, 0.6) is 23.0 Å². The number of halogens is 8. The SMILES string of the molecule is CCOC(=O)C(CC)Oc1c([N+](=O)[O-])ccc(Oc2ccc([N+](=O)[O-])c(OC(CC)C(=O)OCC)c2-c2ccc(C(F)(F)F)cc2Cl)c1-c1ccc(C(F)(F)F)cc1Cl. The highest BCUT2D eigenvalue weighted by Crippen LogP contribution is 2.53. The Hall–Kier alpha value is -5.82. The van der Waals surface area contributed by atoms with E-state index in [9.17, 15) is 56.2 Å². The molecule has 0 aliphatic heterocycles. The monoisotopic (exact) mass is 876 g/mol. The number of esters is 2. The number of rotatable bonds is 16. The second-order valence-corrected chi connectivity index (χ2v) is 12.9. The number of hydrogen-bond acceptors (Lipinski definition) is 11. The fraction of sp³-hybridized carbons (Fsp3) is 0.316. The van der Waals surface area contributed by atoms with Crippen molar-refractivity contribution in [2.24, 2.45) is 0 Å². The minimum Gasteiger partial charge on any atom is -0.471 e. The fourth-order valence-corrected chi connectivity index (χ4v) is 6.12. The van der Waals surface area contributed by atoms with Crippen LogP contribution in [0.1, 0.15) is 51.7 Å². The Balaban J connectivity index is 2.16. The van der Waals surface area contributed by atoms with Crippen molar-refractivity contribution in [2.45, 2.75) is 65.1 Å². The molecule has 0 aliphatic rings. The van der Waals surface area contributed by atoms with Gasteiger partial charge < -0.3 is 23.7 Å². The molecule has 21 heteroatoms. The van der Waals surface area contributed by atoms with E-state index in [0.29, 0.717) is 24.3 Å². The molecule has 4 rings (SSSR count). The summed E-state index contributed by atoms with van der Waals surface area (Å²) in [5, 5.41) is 23.6. The summed E-state index contributed by atoms with van der Waals surface area (Å²) in [6.45, 7) is 5.64. The van der Waals surface area contributed by atoms with Crippen LogP contribution in [0.4, 0.5) is 37.7 Å². The molecule has 316 valence electrons. The molecule has 0 aromatic heterocycles. The van der Waals surface area contributed by atoms with Gasteiger partial charge in [-0.2, -0.15) is 26.3 Å². The van der Waals surface area contributed by atoms with E-state index < -0.39 is 113 Å². The van der Waals surface area contributed by atoms with E-state index in [1.807, 2.05) is 0 Å². The van der Waals surface area contributed by atoms with Gasteiger partial charge in [-0.15, -0.1) is 0 Å². The van der Waals surface area contributed by atoms with Crippen LogP contribution < -0.4 is 14.2 Å². The first kappa shape index (κ1) is 45.9. The molecule has 0 fully saturated rings. The van der Waals surface area contributed by atoms with Gasteiger partial charge >= 0.3 is 35.7 Å². The zero-order valence-electron chi connectivity index (χ0n) is 31.2. The van der Waals surface area contributed by atoms with Crippen molar-refractivity contribution in [3.8, 4) is 45.3 Å². The number of ether oxygens (including phenoxy) is 5. The quantitative estimate of drug-likeness (QED) is 0.0455. The van der Waals surface area contributed by atoms with Crippen molar-refractivity contribution in [1.82, 2.24) is 0 Å². The lowest BCUT2D eigenvalue weighted by Crippen LogP contribution is -2.29. The first-order chi connectivity index (χ1) is 27.7. The van der Waals surface area contributed by atoms with Crippen LogP contribution in [0.2, 0.25) is 10.0 Å². The van der Waals surface area contributed by atoms with Crippen LogP contribution in [-0.4, -0.2) is 47.2 Å². The van der Waals surface area contributed by atoms with Crippen molar-refractivity contribution in [3.63, 3.8) is 0 Å². The molecule has 0 radical (unpaired) electrons. The molecule has 0 heterocycles. The normalized spacial score (nSPS) is 12.6. The number of nitrogens with zero attached hydrogens (tertiary/aromatic N) is 2. The molecule has 2 unspecified atom stereocenters. The third-order valence-corrected chi connectivity index (χ3v) is 8.93. The Labute approximate surface area is 341 Å². The maximum atomic E-state index is 13.8. The van der Waals surface area contributed by atoms with E-state index in [0.717, 1.165) is 36.4 Å². The molecule has 0 spiro atoms. The van der Waals surface area contributed by atoms with Crippen LogP contribution in [0.25, 0.3) is 22.3 Å². The highest BCUT2D eigenvalue weighted by atomic mass is 35.5. The van der Waals surface area contributed by atoms with Gasteiger partial charge in [0.1, 0.15) is 11.5 Å². The first-order valence-corrected chi connectivity index (χ1v) is 18.1. The van der Waals surface area contributed by atoms with E-state index in [4.69, 9.17) is 46.9 Å². The maximum Gasteiger partial charge on any atom is 0.416 e. The molecular formula is C38H32Cl2F6N2O11. The van der Waals surface area contributed by atoms with E-state index >= 15 is 0 Å². The van der Waals surface area contributed by atoms with Crippen molar-refractivity contribution in [3.05, 3.63) is 102 Å². The van der Waals surface area contributed by atoms with Gasteiger partial charge in [0, 0.05) is 33.3 Å². The number of alkyl halides is 6. The van der Waals surface area contributed by atoms with Crippen LogP contribution in [0.3, 0.4) is 0 Å². The lowest BCUT2D eigenvalue weighted by molar-refractivity contribution is -0.386. The van der Waals surface area contributed by atoms with Gasteiger partial charge in [-0.3, -0.25) is 20.2 Å². The summed E-state index contributed by atoms with van der Waals surface area (Å²) in [6, 6.07) is 7.55. The van der Waals surface area contributed by atoms with Crippen molar-refractivity contribution in [1.29, 1.82) is 0 Å². The lowest BCUT2D eigenvalue weighted by atomic mass is 9.98. The summed E-state index contributed by atoms with van der Waals surface area (Å²) in [6.07, 6.45) is -13.1. The Kier molecular flexibility index (Phi) is 14.6. The van der Waals surface area contributed by atoms with Gasteiger partial charge in [0.2, 0.25) is 11.5 Å². The van der Waals surface area contributed by atoms with E-state index in [1.165, 1.54) is 27.7 Å². The zero-order chi connectivity index (χ0) is 44.0. The summed E-state index contributed by atoms with van der Waals surface area (Å²) in [5.41, 5.74) is -5.85. The minimum atomic E-state index is -4.90. The third kappa shape index (κ3) is 10.4. The predicted molar refractivity (Wildman–Crippen MR) is 200 cm³/mol. The molecule has 2 atom stereocenters. The minimum absolute atomic E-state index is 0.129. The maximum absolute atomic E-state index is 13.8. The highest BCUT2D eigenvalue weighted by molar-refractivity contribution is 6.34. The Morgan fingerprint density at radius 3 is 1.25 bits per heavy atom. The summed E-state index contributed by atoms with van der Waals surface area (Å²) in [5.74, 6) is -4.43. The molecule has 59 heavy (non-hydrogen) atoms. The van der Waals surface area contributed by atoms with E-state index in [2.05, 4.69) is 0 Å². The smallest absolute Gasteiger partial charge is 0.416 e. The summed E-state index contributed by atoms with van der Waals surface area (Å²) in [7, 11) is 0. The van der Waals surface area contributed by atoms with Gasteiger partial charge in [-0.05, 0) is 63.1 Å². The topological polar surface area (TPSA) is 167 Å². The Morgan fingerprint density at radius 2 is 0.983 bits per heavy atom. The number of benzene rings is 4. The molecule has 0 amide bonds. The summed E-state index contributed by atoms with van der Waals surface area (Å²) < 4.78 is 111. The molecule has 4 aromatic carbocycles. The summed E-state index contributed by atoms with van der Waals surface area (Å²) in [4.78, 5) is 48.8. The Morgan fingerprint density at radius 1 is 0.627 bits per heavy atom. The molecule has 0 saturated carbocycles. The van der Waals surface area contributed by atoms with E-state index in [1.54, 1.807) is 0 Å². The number of nitro groups is 2. The molecule has 0 bridgehead atoms. The highest BCUT2D eigenvalue weighted by Gasteiger charge is 2.37. The average molecular weight is 878 g/mol. The number of carbonyl (C=O) groups excluding carboxylic acids is 2. The second-order valence-electron chi connectivity index (χ2n) is 12.1. The summed E-state index contributed by atoms with van der Waals surface area (Å²) >= 11 is 12.8. The number of carbonyl (C=O) groups is 2. The van der Waals surface area contributed by atoms with Gasteiger partial charge in [0.25, 0.3) is 0 Å². The van der Waals surface area contributed by atoms with E-state index in [-0.39, 0.29) is 37.2 Å². The van der Waals surface area contributed by atoms with Crippen LogP contribution >= 0.6 is 23.2 Å². The van der Waals surface area contributed by atoms with Gasteiger partial charge in [-0.1, -0.05) is 49.2 Å². The molecule has 0 N–H and O–H groups in total. The van der Waals surface area contributed by atoms with Crippen LogP contribution in [0.15, 0.2) is 60.7 Å². The third-order valence-electron chi connectivity index (χ3n) is 8.30. The van der Waals surface area contributed by atoms with Crippen LogP contribution in [0, 0.1) is 20.2 Å². The predicted octanol–water partition coefficient (Wildman–Crippen LogP) is 11.4. The Bertz CT molecular complexity index is 2100. The first-order valence-electron chi connectivity index (χ1n) is 17.4. The zero-order valence-corrected chi connectivity index (χ0v) is 32.7. The molecule has 4 aromatic rings. The molecule has 13 nitrogen and oxygen atoms in total. The lowest BCUT2D eigenvalue weighted by Gasteiger charge is -2.23. The van der Waals surface area contributed by atoms with Gasteiger partial charge in [-0.25, -0.2) is 9.59 Å². The largest absolute Gasteiger partial charge is 0.471 e. The molecule has 0 aliphatic carbocycles. The fourth-order valence-electron chi connectivity index (χ4n) is 5.57. The molecule has 0 saturated heterocycles. The van der Waals surface area contributed by atoms with Crippen molar-refractivity contribution >= 4 is 46.5 Å².